The van der Waals surface area contributed by atoms with Crippen molar-refractivity contribution in [3.63, 3.8) is 0 Å². The van der Waals surface area contributed by atoms with Gasteiger partial charge in [0.15, 0.2) is 5.82 Å². The van der Waals surface area contributed by atoms with Gasteiger partial charge < -0.3 is 10.2 Å². The Balaban J connectivity index is 1.68. The number of benzene rings is 2. The number of halogens is 3. The van der Waals surface area contributed by atoms with Gasteiger partial charge in [0.2, 0.25) is 5.91 Å². The second-order valence-electron chi connectivity index (χ2n) is 7.45. The van der Waals surface area contributed by atoms with E-state index in [4.69, 9.17) is 0 Å². The van der Waals surface area contributed by atoms with Gasteiger partial charge >= 0.3 is 6.18 Å². The molecule has 162 valence electrons. The predicted octanol–water partition coefficient (Wildman–Crippen LogP) is 4.26. The molecule has 2 atom stereocenters. The predicted molar refractivity (Wildman–Crippen MR) is 113 cm³/mol. The standard InChI is InChI=1S/C23H18F3N5O/c1-2-20(32)31-12-15(11-27)19(13-31)28-22-18-6-4-3-5-17(18)21(29-30-22)14-7-9-16(10-8-14)23(24,25)26/h2-10,15,19H,1,12-13H2,(H,28,30)/t15-,19+/m0/s1. The Morgan fingerprint density at radius 1 is 1.12 bits per heavy atom. The van der Waals surface area contributed by atoms with Crippen LogP contribution in [0.15, 0.2) is 61.2 Å². The van der Waals surface area contributed by atoms with Gasteiger partial charge in [-0.1, -0.05) is 43.0 Å². The fourth-order valence-corrected chi connectivity index (χ4v) is 3.81. The van der Waals surface area contributed by atoms with Crippen LogP contribution in [0.4, 0.5) is 19.0 Å². The maximum Gasteiger partial charge on any atom is 0.416 e. The van der Waals surface area contributed by atoms with Gasteiger partial charge in [0, 0.05) is 29.4 Å². The lowest BCUT2D eigenvalue weighted by molar-refractivity contribution is -0.137. The van der Waals surface area contributed by atoms with Crippen molar-refractivity contribution in [2.45, 2.75) is 12.2 Å². The topological polar surface area (TPSA) is 81.9 Å². The first-order valence-electron chi connectivity index (χ1n) is 9.82. The quantitative estimate of drug-likeness (QED) is 0.617. The lowest BCUT2D eigenvalue weighted by Gasteiger charge is -2.18. The van der Waals surface area contributed by atoms with Crippen molar-refractivity contribution in [2.75, 3.05) is 18.4 Å². The third-order valence-corrected chi connectivity index (χ3v) is 5.47. The number of nitrogens with one attached hydrogen (secondary N) is 1. The Labute approximate surface area is 182 Å². The number of fused-ring (bicyclic) bond motifs is 1. The Morgan fingerprint density at radius 2 is 1.81 bits per heavy atom. The number of nitrogens with zero attached hydrogens (tertiary/aromatic N) is 4. The molecule has 1 saturated heterocycles. The number of alkyl halides is 3. The number of hydrogen-bond acceptors (Lipinski definition) is 5. The summed E-state index contributed by atoms with van der Waals surface area (Å²) in [5.41, 5.74) is 0.220. The molecule has 1 aliphatic heterocycles. The van der Waals surface area contributed by atoms with Gasteiger partial charge in [-0.2, -0.15) is 18.4 Å². The molecular weight excluding hydrogens is 419 g/mol. The Kier molecular flexibility index (Phi) is 5.53. The van der Waals surface area contributed by atoms with Crippen LogP contribution in [0.1, 0.15) is 5.56 Å². The van der Waals surface area contributed by atoms with Gasteiger partial charge in [-0.25, -0.2) is 0 Å². The maximum atomic E-state index is 12.9. The second kappa shape index (κ2) is 8.30. The molecule has 1 N–H and O–H groups in total. The summed E-state index contributed by atoms with van der Waals surface area (Å²) in [4.78, 5) is 13.5. The van der Waals surface area contributed by atoms with E-state index in [1.807, 2.05) is 18.2 Å². The van der Waals surface area contributed by atoms with Crippen LogP contribution in [0.5, 0.6) is 0 Å². The Hall–Kier alpha value is -3.93. The van der Waals surface area contributed by atoms with Crippen molar-refractivity contribution < 1.29 is 18.0 Å². The van der Waals surface area contributed by atoms with Crippen LogP contribution >= 0.6 is 0 Å². The number of aromatic nitrogens is 2. The molecule has 1 aromatic heterocycles. The number of carbonyl (C=O) groups excluding carboxylic acids is 1. The molecule has 1 amide bonds. The molecule has 6 nitrogen and oxygen atoms in total. The van der Waals surface area contributed by atoms with Crippen molar-refractivity contribution in [2.24, 2.45) is 5.92 Å². The zero-order valence-electron chi connectivity index (χ0n) is 16.8. The van der Waals surface area contributed by atoms with Gasteiger partial charge in [0.1, 0.15) is 5.69 Å². The molecule has 2 aromatic carbocycles. The van der Waals surface area contributed by atoms with Gasteiger partial charge in [-0.05, 0) is 18.2 Å². The number of anilines is 1. The first kappa shape index (κ1) is 21.3. The monoisotopic (exact) mass is 437 g/mol. The molecule has 1 aliphatic rings. The number of nitriles is 1. The summed E-state index contributed by atoms with van der Waals surface area (Å²) >= 11 is 0. The van der Waals surface area contributed by atoms with Crippen LogP contribution in [0.2, 0.25) is 0 Å². The molecule has 0 radical (unpaired) electrons. The van der Waals surface area contributed by atoms with Crippen LogP contribution < -0.4 is 5.32 Å². The van der Waals surface area contributed by atoms with E-state index in [0.29, 0.717) is 34.4 Å². The molecule has 0 spiro atoms. The first-order valence-corrected chi connectivity index (χ1v) is 9.82. The number of hydrogen-bond donors (Lipinski definition) is 1. The average molecular weight is 437 g/mol. The minimum atomic E-state index is -4.42. The number of amides is 1. The lowest BCUT2D eigenvalue weighted by Crippen LogP contribution is -2.31. The van der Waals surface area contributed by atoms with Crippen LogP contribution in [0.25, 0.3) is 22.0 Å². The normalized spacial score (nSPS) is 18.4. The highest BCUT2D eigenvalue weighted by Gasteiger charge is 2.35. The molecule has 0 bridgehead atoms. The van der Waals surface area contributed by atoms with E-state index in [1.54, 1.807) is 11.0 Å². The molecule has 0 unspecified atom stereocenters. The molecule has 4 rings (SSSR count). The van der Waals surface area contributed by atoms with E-state index in [9.17, 15) is 23.2 Å². The van der Waals surface area contributed by atoms with Crippen molar-refractivity contribution in [3.05, 3.63) is 66.7 Å². The molecular formula is C23H18F3N5O. The van der Waals surface area contributed by atoms with Crippen LogP contribution in [0.3, 0.4) is 0 Å². The van der Waals surface area contributed by atoms with Crippen molar-refractivity contribution in [1.82, 2.24) is 15.1 Å². The van der Waals surface area contributed by atoms with Crippen molar-refractivity contribution in [1.29, 1.82) is 5.26 Å². The van der Waals surface area contributed by atoms with Gasteiger partial charge in [-0.15, -0.1) is 10.2 Å². The number of carbonyl (C=O) groups is 1. The highest BCUT2D eigenvalue weighted by molar-refractivity contribution is 6.00. The highest BCUT2D eigenvalue weighted by atomic mass is 19.4. The third-order valence-electron chi connectivity index (χ3n) is 5.47. The summed E-state index contributed by atoms with van der Waals surface area (Å²) in [5.74, 6) is -0.244. The van der Waals surface area contributed by atoms with E-state index in [2.05, 4.69) is 28.2 Å². The highest BCUT2D eigenvalue weighted by Crippen LogP contribution is 2.34. The molecule has 3 aromatic rings. The summed E-state index contributed by atoms with van der Waals surface area (Å²) in [5, 5.41) is 22.7. The van der Waals surface area contributed by atoms with E-state index in [-0.39, 0.29) is 18.5 Å². The zero-order valence-corrected chi connectivity index (χ0v) is 16.8. The lowest BCUT2D eigenvalue weighted by atomic mass is 10.0. The fourth-order valence-electron chi connectivity index (χ4n) is 3.81. The largest absolute Gasteiger partial charge is 0.416 e. The first-order chi connectivity index (χ1) is 15.3. The van der Waals surface area contributed by atoms with Crippen LogP contribution in [-0.4, -0.2) is 40.1 Å². The minimum Gasteiger partial charge on any atom is -0.362 e. The van der Waals surface area contributed by atoms with Gasteiger partial charge in [0.25, 0.3) is 0 Å². The third kappa shape index (κ3) is 3.99. The van der Waals surface area contributed by atoms with E-state index < -0.39 is 17.7 Å². The second-order valence-corrected chi connectivity index (χ2v) is 7.45. The van der Waals surface area contributed by atoms with Crippen LogP contribution in [-0.2, 0) is 11.0 Å². The molecule has 2 heterocycles. The van der Waals surface area contributed by atoms with Crippen molar-refractivity contribution >= 4 is 22.5 Å². The van der Waals surface area contributed by atoms with Crippen molar-refractivity contribution in [3.8, 4) is 17.3 Å². The summed E-state index contributed by atoms with van der Waals surface area (Å²) < 4.78 is 38.7. The van der Waals surface area contributed by atoms with E-state index in [0.717, 1.165) is 12.1 Å². The van der Waals surface area contributed by atoms with Crippen LogP contribution in [0, 0.1) is 17.2 Å². The van der Waals surface area contributed by atoms with Gasteiger partial charge in [0.05, 0.1) is 23.6 Å². The Morgan fingerprint density at radius 3 is 2.44 bits per heavy atom. The average Bonchev–Trinajstić information content (AvgIpc) is 3.21. The summed E-state index contributed by atoms with van der Waals surface area (Å²) in [6, 6.07) is 13.9. The SMILES string of the molecule is C=CC(=O)N1C[C@H](C#N)[C@H](Nc2nnc(-c3ccc(C(F)(F)F)cc3)c3ccccc23)C1. The number of likely N-dealkylation sites (tertiary alicyclic amines) is 1. The van der Waals surface area contributed by atoms with E-state index in [1.165, 1.54) is 18.2 Å². The zero-order chi connectivity index (χ0) is 22.9. The maximum absolute atomic E-state index is 12.9. The molecule has 0 saturated carbocycles. The molecule has 32 heavy (non-hydrogen) atoms. The summed E-state index contributed by atoms with van der Waals surface area (Å²) in [6.45, 7) is 4.09. The van der Waals surface area contributed by atoms with E-state index >= 15 is 0 Å². The van der Waals surface area contributed by atoms with Gasteiger partial charge in [-0.3, -0.25) is 4.79 Å². The minimum absolute atomic E-state index is 0.247. The fraction of sp³-hybridized carbons (Fsp3) is 0.217. The number of rotatable bonds is 4. The molecule has 0 aliphatic carbocycles. The smallest absolute Gasteiger partial charge is 0.362 e. The summed E-state index contributed by atoms with van der Waals surface area (Å²) in [6.07, 6.45) is -3.20. The molecule has 9 heteroatoms. The summed E-state index contributed by atoms with van der Waals surface area (Å²) in [7, 11) is 0. The Bertz CT molecular complexity index is 1220. The molecule has 1 fully saturated rings.